The summed E-state index contributed by atoms with van der Waals surface area (Å²) in [6.45, 7) is 1.54. The molecule has 10 heteroatoms. The van der Waals surface area contributed by atoms with E-state index < -0.39 is 17.5 Å². The van der Waals surface area contributed by atoms with E-state index in [4.69, 9.17) is 0 Å². The molecule has 0 bridgehead atoms. The number of amides is 2. The van der Waals surface area contributed by atoms with Gasteiger partial charge in [0.2, 0.25) is 0 Å². The number of aromatic amines is 1. The van der Waals surface area contributed by atoms with Crippen LogP contribution in [-0.2, 0) is 0 Å². The highest BCUT2D eigenvalue weighted by Gasteiger charge is 2.27. The number of anilines is 1. The van der Waals surface area contributed by atoms with E-state index in [9.17, 15) is 23.2 Å². The van der Waals surface area contributed by atoms with Crippen LogP contribution in [0.25, 0.3) is 22.2 Å². The zero-order valence-electron chi connectivity index (χ0n) is 19.0. The SMILES string of the molecule is N#Cc1cc(F)c(N[C@H]2CCC[C@@H](NC(=O)N3CCCC3)C2)nc1-c1c[nH]c2c(F)cc(F)cc12. The average Bonchev–Trinajstić information content (AvgIpc) is 3.51. The summed E-state index contributed by atoms with van der Waals surface area (Å²) in [6.07, 6.45) is 6.55. The fourth-order valence-electron chi connectivity index (χ4n) is 5.06. The van der Waals surface area contributed by atoms with Gasteiger partial charge in [-0.15, -0.1) is 0 Å². The Kier molecular flexibility index (Phi) is 6.24. The molecule has 35 heavy (non-hydrogen) atoms. The Hall–Kier alpha value is -3.74. The zero-order valence-corrected chi connectivity index (χ0v) is 19.0. The maximum absolute atomic E-state index is 14.9. The molecule has 0 unspecified atom stereocenters. The van der Waals surface area contributed by atoms with Gasteiger partial charge in [0.1, 0.15) is 17.7 Å². The minimum Gasteiger partial charge on any atom is -0.365 e. The van der Waals surface area contributed by atoms with Gasteiger partial charge in [0.05, 0.1) is 16.8 Å². The van der Waals surface area contributed by atoms with Gasteiger partial charge in [0, 0.05) is 48.4 Å². The number of rotatable bonds is 4. The Labute approximate surface area is 200 Å². The van der Waals surface area contributed by atoms with Crippen molar-refractivity contribution >= 4 is 22.8 Å². The Bertz CT molecular complexity index is 1310. The van der Waals surface area contributed by atoms with Crippen LogP contribution in [0.15, 0.2) is 24.4 Å². The molecule has 1 aromatic carbocycles. The summed E-state index contributed by atoms with van der Waals surface area (Å²) in [7, 11) is 0. The van der Waals surface area contributed by atoms with Gasteiger partial charge in [-0.3, -0.25) is 0 Å². The normalized spacial score (nSPS) is 20.1. The van der Waals surface area contributed by atoms with E-state index in [1.165, 1.54) is 6.20 Å². The van der Waals surface area contributed by atoms with Crippen LogP contribution >= 0.6 is 0 Å². The smallest absolute Gasteiger partial charge is 0.317 e. The van der Waals surface area contributed by atoms with E-state index in [1.807, 2.05) is 11.0 Å². The second kappa shape index (κ2) is 9.49. The standard InChI is InChI=1S/C25H25F3N6O/c26-15-9-18-19(13-30-23(18)20(27)10-15)22-14(12-29)8-21(28)24(33-22)31-16-4-3-5-17(11-16)32-25(35)34-6-1-2-7-34/h8-10,13,16-17,30H,1-7,11H2,(H,31,33)(H,32,35)/t16-,17+/m0/s1. The second-order valence-corrected chi connectivity index (χ2v) is 9.19. The number of H-pyrrole nitrogens is 1. The van der Waals surface area contributed by atoms with E-state index in [0.717, 1.165) is 63.4 Å². The highest BCUT2D eigenvalue weighted by atomic mass is 19.1. The number of carbonyl (C=O) groups is 1. The first kappa shape index (κ1) is 23.0. The third-order valence-corrected chi connectivity index (χ3v) is 6.79. The number of nitrogens with zero attached hydrogens (tertiary/aromatic N) is 3. The van der Waals surface area contributed by atoms with Crippen LogP contribution in [-0.4, -0.2) is 46.1 Å². The maximum atomic E-state index is 14.9. The lowest BCUT2D eigenvalue weighted by Crippen LogP contribution is -2.47. The highest BCUT2D eigenvalue weighted by molar-refractivity contribution is 5.96. The molecule has 5 rings (SSSR count). The van der Waals surface area contributed by atoms with Crippen molar-refractivity contribution in [1.29, 1.82) is 5.26 Å². The number of hydrogen-bond acceptors (Lipinski definition) is 4. The molecule has 0 spiro atoms. The minimum absolute atomic E-state index is 0.0326. The predicted molar refractivity (Wildman–Crippen MR) is 125 cm³/mol. The van der Waals surface area contributed by atoms with Gasteiger partial charge in [-0.25, -0.2) is 22.9 Å². The van der Waals surface area contributed by atoms with E-state index >= 15 is 0 Å². The molecule has 1 aliphatic heterocycles. The fraction of sp³-hybridized carbons (Fsp3) is 0.400. The van der Waals surface area contributed by atoms with Gasteiger partial charge in [0.25, 0.3) is 0 Å². The number of hydrogen-bond donors (Lipinski definition) is 3. The van der Waals surface area contributed by atoms with Gasteiger partial charge in [0.15, 0.2) is 11.6 Å². The summed E-state index contributed by atoms with van der Waals surface area (Å²) in [5.41, 5.74) is 0.465. The summed E-state index contributed by atoms with van der Waals surface area (Å²) in [5.74, 6) is -2.26. The van der Waals surface area contributed by atoms with Gasteiger partial charge < -0.3 is 20.5 Å². The maximum Gasteiger partial charge on any atom is 0.317 e. The quantitative estimate of drug-likeness (QED) is 0.485. The van der Waals surface area contributed by atoms with E-state index in [2.05, 4.69) is 20.6 Å². The number of likely N-dealkylation sites (tertiary alicyclic amines) is 1. The van der Waals surface area contributed by atoms with E-state index in [1.54, 1.807) is 0 Å². The van der Waals surface area contributed by atoms with Gasteiger partial charge in [-0.05, 0) is 50.7 Å². The first-order valence-corrected chi connectivity index (χ1v) is 11.8. The molecular weight excluding hydrogens is 457 g/mol. The largest absolute Gasteiger partial charge is 0.365 e. The monoisotopic (exact) mass is 482 g/mol. The first-order valence-electron chi connectivity index (χ1n) is 11.8. The number of carbonyl (C=O) groups excluding carboxylic acids is 1. The topological polar surface area (TPSA) is 96.8 Å². The summed E-state index contributed by atoms with van der Waals surface area (Å²) in [5, 5.41) is 16.0. The van der Waals surface area contributed by atoms with E-state index in [0.29, 0.717) is 12.0 Å². The van der Waals surface area contributed by atoms with Crippen LogP contribution < -0.4 is 10.6 Å². The molecule has 2 atom stereocenters. The van der Waals surface area contributed by atoms with Crippen LogP contribution in [0.4, 0.5) is 23.8 Å². The molecule has 2 aliphatic rings. The van der Waals surface area contributed by atoms with Crippen LogP contribution in [0, 0.1) is 28.8 Å². The minimum atomic E-state index is -0.769. The van der Waals surface area contributed by atoms with Crippen molar-refractivity contribution in [2.75, 3.05) is 18.4 Å². The number of benzene rings is 1. The number of pyridine rings is 1. The number of halogens is 3. The lowest BCUT2D eigenvalue weighted by atomic mass is 9.91. The van der Waals surface area contributed by atoms with Crippen molar-refractivity contribution in [2.24, 2.45) is 0 Å². The van der Waals surface area contributed by atoms with Gasteiger partial charge in [-0.2, -0.15) is 5.26 Å². The molecule has 2 aromatic heterocycles. The van der Waals surface area contributed by atoms with Crippen molar-refractivity contribution in [3.05, 3.63) is 47.4 Å². The molecule has 1 saturated carbocycles. The van der Waals surface area contributed by atoms with Crippen molar-refractivity contribution in [2.45, 2.75) is 50.6 Å². The molecule has 3 N–H and O–H groups in total. The van der Waals surface area contributed by atoms with Crippen molar-refractivity contribution in [3.63, 3.8) is 0 Å². The lowest BCUT2D eigenvalue weighted by molar-refractivity contribution is 0.199. The molecule has 2 amide bonds. The van der Waals surface area contributed by atoms with Crippen molar-refractivity contribution < 1.29 is 18.0 Å². The van der Waals surface area contributed by atoms with Crippen molar-refractivity contribution in [3.8, 4) is 17.3 Å². The van der Waals surface area contributed by atoms with Crippen LogP contribution in [0.3, 0.4) is 0 Å². The molecule has 1 aliphatic carbocycles. The third-order valence-electron chi connectivity index (χ3n) is 6.79. The second-order valence-electron chi connectivity index (χ2n) is 9.19. The predicted octanol–water partition coefficient (Wildman–Crippen LogP) is 5.05. The van der Waals surface area contributed by atoms with Crippen LogP contribution in [0.1, 0.15) is 44.1 Å². The lowest BCUT2D eigenvalue weighted by Gasteiger charge is -2.32. The summed E-state index contributed by atoms with van der Waals surface area (Å²) < 4.78 is 42.9. The Morgan fingerprint density at radius 2 is 1.86 bits per heavy atom. The molecule has 0 radical (unpaired) electrons. The number of urea groups is 1. The molecule has 182 valence electrons. The molecule has 2 fully saturated rings. The number of nitriles is 1. The van der Waals surface area contributed by atoms with Crippen molar-refractivity contribution in [1.82, 2.24) is 20.2 Å². The first-order chi connectivity index (χ1) is 16.9. The summed E-state index contributed by atoms with van der Waals surface area (Å²) >= 11 is 0. The average molecular weight is 483 g/mol. The third kappa shape index (κ3) is 4.63. The molecule has 1 saturated heterocycles. The number of aromatic nitrogens is 2. The summed E-state index contributed by atoms with van der Waals surface area (Å²) in [4.78, 5) is 21.4. The molecule has 3 heterocycles. The molecule has 3 aromatic rings. The Balaban J connectivity index is 1.39. The Morgan fingerprint density at radius 3 is 2.63 bits per heavy atom. The van der Waals surface area contributed by atoms with Gasteiger partial charge in [-0.1, -0.05) is 0 Å². The van der Waals surface area contributed by atoms with E-state index in [-0.39, 0.29) is 46.1 Å². The number of nitrogens with one attached hydrogen (secondary N) is 3. The van der Waals surface area contributed by atoms with Crippen LogP contribution in [0.5, 0.6) is 0 Å². The Morgan fingerprint density at radius 1 is 1.09 bits per heavy atom. The summed E-state index contributed by atoms with van der Waals surface area (Å²) in [6, 6.07) is 4.69. The fourth-order valence-corrected chi connectivity index (χ4v) is 5.06. The van der Waals surface area contributed by atoms with Gasteiger partial charge >= 0.3 is 6.03 Å². The highest BCUT2D eigenvalue weighted by Crippen LogP contribution is 2.34. The number of fused-ring (bicyclic) bond motifs is 1. The molecule has 7 nitrogen and oxygen atoms in total. The van der Waals surface area contributed by atoms with Crippen LogP contribution in [0.2, 0.25) is 0 Å². The molecular formula is C25H25F3N6O. The zero-order chi connectivity index (χ0) is 24.5.